The highest BCUT2D eigenvalue weighted by atomic mass is 32.1. The zero-order valence-corrected chi connectivity index (χ0v) is 23.6. The summed E-state index contributed by atoms with van der Waals surface area (Å²) in [7, 11) is 0. The predicted molar refractivity (Wildman–Crippen MR) is 150 cm³/mol. The van der Waals surface area contributed by atoms with Gasteiger partial charge in [0.25, 0.3) is 5.89 Å². The molecular formula is C32H35FN4O2S. The molecule has 8 fully saturated rings. The van der Waals surface area contributed by atoms with E-state index < -0.39 is 11.1 Å². The second kappa shape index (κ2) is 8.02. The maximum Gasteiger partial charge on any atom is 0.258 e. The van der Waals surface area contributed by atoms with Crippen LogP contribution in [-0.4, -0.2) is 33.2 Å². The van der Waals surface area contributed by atoms with Crippen molar-refractivity contribution in [3.63, 3.8) is 0 Å². The van der Waals surface area contributed by atoms with Crippen molar-refractivity contribution in [2.45, 2.75) is 106 Å². The highest BCUT2D eigenvalue weighted by molar-refractivity contribution is 7.09. The molecule has 0 N–H and O–H groups in total. The molecule has 0 spiro atoms. The second-order valence-electron chi connectivity index (χ2n) is 14.3. The third-order valence-electron chi connectivity index (χ3n) is 11.3. The molecule has 0 aliphatic heterocycles. The number of amides is 1. The van der Waals surface area contributed by atoms with Crippen LogP contribution in [0.25, 0.3) is 11.5 Å². The molecule has 3 aromatic rings. The van der Waals surface area contributed by atoms with E-state index in [0.717, 1.165) is 68.4 Å². The molecule has 0 radical (unpaired) electrons. The Kier molecular flexibility index (Phi) is 4.82. The summed E-state index contributed by atoms with van der Waals surface area (Å²) in [6, 6.07) is 8.01. The number of anilines is 1. The van der Waals surface area contributed by atoms with Crippen molar-refractivity contribution in [2.75, 3.05) is 11.4 Å². The fourth-order valence-electron chi connectivity index (χ4n) is 8.38. The lowest BCUT2D eigenvalue weighted by atomic mass is 9.41. The van der Waals surface area contributed by atoms with Crippen molar-refractivity contribution >= 4 is 22.9 Å². The molecule has 1 amide bonds. The molecule has 8 aliphatic carbocycles. The van der Waals surface area contributed by atoms with E-state index in [4.69, 9.17) is 9.51 Å². The molecule has 0 saturated heterocycles. The standard InChI is InChI=1S/C32H35FN4O2S/c33-32-16-31(17-32,18-32)28(38)37(23-3-1-2-22(14-23)26-35-25(36-39-26)21-6-7-21)19-29-8-11-30(12-9-29,13-10-29)27-34-24(15-40-27)20-4-5-20/h1-3,14-15,20-21H,4-13,16-19H2. The van der Waals surface area contributed by atoms with E-state index in [2.05, 4.69) is 15.5 Å². The lowest BCUT2D eigenvalue weighted by Crippen LogP contribution is -2.71. The van der Waals surface area contributed by atoms with Crippen molar-refractivity contribution in [1.29, 1.82) is 0 Å². The largest absolute Gasteiger partial charge is 0.334 e. The average molecular weight is 559 g/mol. The number of fused-ring (bicyclic) bond motifs is 3. The topological polar surface area (TPSA) is 72.1 Å². The van der Waals surface area contributed by atoms with Crippen molar-refractivity contribution in [1.82, 2.24) is 15.1 Å². The number of benzene rings is 1. The molecule has 6 nitrogen and oxygen atoms in total. The Morgan fingerprint density at radius 3 is 2.40 bits per heavy atom. The van der Waals surface area contributed by atoms with Crippen LogP contribution in [0, 0.1) is 10.8 Å². The van der Waals surface area contributed by atoms with Gasteiger partial charge in [-0.15, -0.1) is 11.3 Å². The Bertz CT molecular complexity index is 1480. The summed E-state index contributed by atoms with van der Waals surface area (Å²) in [6.45, 7) is 0.703. The van der Waals surface area contributed by atoms with E-state index in [9.17, 15) is 9.18 Å². The number of hydrogen-bond donors (Lipinski definition) is 0. The fourth-order valence-corrected chi connectivity index (χ4v) is 9.57. The van der Waals surface area contributed by atoms with Crippen LogP contribution < -0.4 is 4.90 Å². The highest BCUT2D eigenvalue weighted by Crippen LogP contribution is 2.70. The number of aromatic nitrogens is 3. The van der Waals surface area contributed by atoms with Crippen molar-refractivity contribution < 1.29 is 13.7 Å². The zero-order chi connectivity index (χ0) is 26.7. The van der Waals surface area contributed by atoms with Gasteiger partial charge in [0.05, 0.1) is 16.1 Å². The van der Waals surface area contributed by atoms with Crippen LogP contribution in [0.2, 0.25) is 0 Å². The summed E-state index contributed by atoms with van der Waals surface area (Å²) in [5.74, 6) is 2.53. The van der Waals surface area contributed by atoms with Crippen LogP contribution in [0.5, 0.6) is 0 Å². The molecule has 8 aliphatic rings. The first kappa shape index (κ1) is 24.0. The van der Waals surface area contributed by atoms with Gasteiger partial charge in [-0.1, -0.05) is 11.2 Å². The Morgan fingerprint density at radius 1 is 1.00 bits per heavy atom. The maximum atomic E-state index is 14.6. The number of carbonyl (C=O) groups excluding carboxylic acids is 1. The number of halogens is 1. The van der Waals surface area contributed by atoms with Gasteiger partial charge in [-0.3, -0.25) is 4.79 Å². The first-order valence-electron chi connectivity index (χ1n) is 15.3. The number of carbonyl (C=O) groups is 1. The number of alkyl halides is 1. The van der Waals surface area contributed by atoms with Gasteiger partial charge in [-0.2, -0.15) is 4.98 Å². The zero-order valence-electron chi connectivity index (χ0n) is 22.8. The van der Waals surface area contributed by atoms with Gasteiger partial charge in [-0.05, 0) is 107 Å². The maximum absolute atomic E-state index is 14.6. The summed E-state index contributed by atoms with van der Waals surface area (Å²) in [5.41, 5.74) is 1.74. The van der Waals surface area contributed by atoms with Gasteiger partial charge in [0, 0.05) is 40.4 Å². The van der Waals surface area contributed by atoms with E-state index in [1.54, 1.807) is 0 Å². The molecule has 40 heavy (non-hydrogen) atoms. The van der Waals surface area contributed by atoms with Crippen LogP contribution in [0.4, 0.5) is 10.1 Å². The Labute approximate surface area is 237 Å². The minimum atomic E-state index is -1.10. The lowest BCUT2D eigenvalue weighted by molar-refractivity contribution is -0.211. The molecule has 0 atom stereocenters. The number of hydrogen-bond acceptors (Lipinski definition) is 6. The third-order valence-corrected chi connectivity index (χ3v) is 12.4. The molecule has 2 aromatic heterocycles. The quantitative estimate of drug-likeness (QED) is 0.287. The van der Waals surface area contributed by atoms with Gasteiger partial charge in [-0.25, -0.2) is 9.37 Å². The summed E-state index contributed by atoms with van der Waals surface area (Å²) >= 11 is 1.88. The van der Waals surface area contributed by atoms with Gasteiger partial charge in [0.1, 0.15) is 5.67 Å². The first-order valence-corrected chi connectivity index (χ1v) is 16.1. The predicted octanol–water partition coefficient (Wildman–Crippen LogP) is 7.47. The molecule has 8 saturated carbocycles. The van der Waals surface area contributed by atoms with E-state index in [1.165, 1.54) is 23.5 Å². The molecule has 0 unspecified atom stereocenters. The van der Waals surface area contributed by atoms with E-state index in [0.29, 0.717) is 43.5 Å². The second-order valence-corrected chi connectivity index (χ2v) is 15.1. The summed E-state index contributed by atoms with van der Waals surface area (Å²) in [5, 5.41) is 7.86. The number of rotatable bonds is 8. The number of thiazole rings is 1. The van der Waals surface area contributed by atoms with Crippen LogP contribution in [0.15, 0.2) is 34.2 Å². The van der Waals surface area contributed by atoms with Crippen LogP contribution in [0.3, 0.4) is 0 Å². The monoisotopic (exact) mass is 558 g/mol. The van der Waals surface area contributed by atoms with Gasteiger partial charge in [0.2, 0.25) is 5.91 Å². The van der Waals surface area contributed by atoms with Crippen molar-refractivity contribution in [2.24, 2.45) is 10.8 Å². The normalized spacial score (nSPS) is 35.7. The summed E-state index contributed by atoms with van der Waals surface area (Å²) in [6.07, 6.45) is 12.8. The lowest BCUT2D eigenvalue weighted by Gasteiger charge is -2.65. The molecule has 2 heterocycles. The SMILES string of the molecule is O=C(N(CC12CCC(c3nc(C4CC4)cs3)(CC1)CC2)c1cccc(-c2nc(C3CC3)no2)c1)C12CC(F)(C1)C2. The third kappa shape index (κ3) is 3.63. The summed E-state index contributed by atoms with van der Waals surface area (Å²) < 4.78 is 20.2. The van der Waals surface area contributed by atoms with Crippen LogP contribution >= 0.6 is 11.3 Å². The average Bonchev–Trinajstić information content (AvgIpc) is 3.89. The van der Waals surface area contributed by atoms with Gasteiger partial charge >= 0.3 is 0 Å². The number of nitrogens with zero attached hydrogens (tertiary/aromatic N) is 4. The molecule has 8 heteroatoms. The van der Waals surface area contributed by atoms with Crippen molar-refractivity contribution in [3.05, 3.63) is 46.2 Å². The van der Waals surface area contributed by atoms with E-state index in [-0.39, 0.29) is 16.7 Å². The van der Waals surface area contributed by atoms with E-state index >= 15 is 0 Å². The van der Waals surface area contributed by atoms with E-state index in [1.807, 2.05) is 40.5 Å². The smallest absolute Gasteiger partial charge is 0.258 e. The Hall–Kier alpha value is -2.61. The first-order chi connectivity index (χ1) is 19.4. The Balaban J connectivity index is 0.997. The summed E-state index contributed by atoms with van der Waals surface area (Å²) in [4.78, 5) is 26.0. The Morgan fingerprint density at radius 2 is 1.73 bits per heavy atom. The highest BCUT2D eigenvalue weighted by Gasteiger charge is 2.73. The van der Waals surface area contributed by atoms with Crippen LogP contribution in [-0.2, 0) is 10.2 Å². The molecular weight excluding hydrogens is 523 g/mol. The molecule has 11 rings (SSSR count). The van der Waals surface area contributed by atoms with Crippen LogP contribution in [0.1, 0.15) is 112 Å². The minimum absolute atomic E-state index is 0.102. The minimum Gasteiger partial charge on any atom is -0.334 e. The van der Waals surface area contributed by atoms with Gasteiger partial charge < -0.3 is 9.42 Å². The molecule has 1 aromatic carbocycles. The molecule has 4 bridgehead atoms. The molecule has 208 valence electrons. The fraction of sp³-hybridized carbons (Fsp3) is 0.625. The van der Waals surface area contributed by atoms with Crippen molar-refractivity contribution in [3.8, 4) is 11.5 Å². The van der Waals surface area contributed by atoms with Gasteiger partial charge in [0.15, 0.2) is 5.82 Å².